The molecule has 22 heavy (non-hydrogen) atoms. The first-order chi connectivity index (χ1) is 10.5. The van der Waals surface area contributed by atoms with E-state index in [0.29, 0.717) is 29.4 Å². The number of hydrogen-bond donors (Lipinski definition) is 0. The molecular formula is C16H18ClN3O2. The number of benzene rings is 1. The summed E-state index contributed by atoms with van der Waals surface area (Å²) in [4.78, 5) is 14.6. The van der Waals surface area contributed by atoms with Crippen LogP contribution in [0.25, 0.3) is 0 Å². The highest BCUT2D eigenvalue weighted by Gasteiger charge is 2.27. The van der Waals surface area contributed by atoms with Crippen LogP contribution in [0.4, 0.5) is 0 Å². The maximum Gasteiger partial charge on any atom is 0.258 e. The standard InChI is InChI=1S/C16H18ClN3O2/c1-10-12-6-7-20(9-14(12)19(2)18-10)16(21)13-8-11(17)4-5-15(13)22-3/h4-5,8H,6-7,9H2,1-3H3. The number of ether oxygens (including phenoxy) is 1. The Kier molecular flexibility index (Phi) is 3.83. The number of amides is 1. The summed E-state index contributed by atoms with van der Waals surface area (Å²) in [5, 5.41) is 4.97. The highest BCUT2D eigenvalue weighted by atomic mass is 35.5. The zero-order chi connectivity index (χ0) is 15.9. The molecule has 0 spiro atoms. The molecule has 0 saturated heterocycles. The Morgan fingerprint density at radius 3 is 2.91 bits per heavy atom. The maximum atomic E-state index is 12.8. The summed E-state index contributed by atoms with van der Waals surface area (Å²) in [6, 6.07) is 5.10. The molecule has 2 aromatic rings. The number of hydrogen-bond acceptors (Lipinski definition) is 3. The van der Waals surface area contributed by atoms with E-state index in [1.165, 1.54) is 5.56 Å². The van der Waals surface area contributed by atoms with Crippen LogP contribution in [0.5, 0.6) is 5.75 Å². The van der Waals surface area contributed by atoms with Gasteiger partial charge in [-0.1, -0.05) is 11.6 Å². The fraction of sp³-hybridized carbons (Fsp3) is 0.375. The summed E-state index contributed by atoms with van der Waals surface area (Å²) in [6.07, 6.45) is 0.823. The van der Waals surface area contributed by atoms with E-state index in [0.717, 1.165) is 17.8 Å². The van der Waals surface area contributed by atoms with Gasteiger partial charge in [0.25, 0.3) is 5.91 Å². The van der Waals surface area contributed by atoms with Gasteiger partial charge in [0.05, 0.1) is 30.6 Å². The van der Waals surface area contributed by atoms with Crippen molar-refractivity contribution in [2.24, 2.45) is 7.05 Å². The van der Waals surface area contributed by atoms with Crippen LogP contribution in [0.3, 0.4) is 0 Å². The van der Waals surface area contributed by atoms with Crippen LogP contribution in [0.1, 0.15) is 27.3 Å². The molecule has 0 fully saturated rings. The first kappa shape index (κ1) is 14.9. The lowest BCUT2D eigenvalue weighted by Gasteiger charge is -2.28. The van der Waals surface area contributed by atoms with Crippen molar-refractivity contribution in [3.63, 3.8) is 0 Å². The van der Waals surface area contributed by atoms with Gasteiger partial charge in [-0.3, -0.25) is 9.48 Å². The molecular weight excluding hydrogens is 302 g/mol. The van der Waals surface area contributed by atoms with Crippen LogP contribution in [0, 0.1) is 6.92 Å². The molecule has 0 atom stereocenters. The second kappa shape index (κ2) is 5.65. The van der Waals surface area contributed by atoms with Crippen molar-refractivity contribution >= 4 is 17.5 Å². The molecule has 1 aromatic heterocycles. The second-order valence-electron chi connectivity index (χ2n) is 5.46. The summed E-state index contributed by atoms with van der Waals surface area (Å²) in [6.45, 7) is 3.24. The third-order valence-electron chi connectivity index (χ3n) is 4.13. The zero-order valence-corrected chi connectivity index (χ0v) is 13.6. The topological polar surface area (TPSA) is 47.4 Å². The molecule has 1 aliphatic rings. The fourth-order valence-corrected chi connectivity index (χ4v) is 3.14. The molecule has 0 N–H and O–H groups in total. The molecule has 0 radical (unpaired) electrons. The van der Waals surface area contributed by atoms with E-state index < -0.39 is 0 Å². The van der Waals surface area contributed by atoms with Crippen LogP contribution in [-0.2, 0) is 20.0 Å². The molecule has 3 rings (SSSR count). The van der Waals surface area contributed by atoms with Gasteiger partial charge >= 0.3 is 0 Å². The number of halogens is 1. The van der Waals surface area contributed by atoms with E-state index in [9.17, 15) is 4.79 Å². The Labute approximate surface area is 134 Å². The Morgan fingerprint density at radius 2 is 2.18 bits per heavy atom. The Morgan fingerprint density at radius 1 is 1.41 bits per heavy atom. The number of nitrogens with zero attached hydrogens (tertiary/aromatic N) is 3. The third-order valence-corrected chi connectivity index (χ3v) is 4.36. The summed E-state index contributed by atoms with van der Waals surface area (Å²) >= 11 is 6.03. The SMILES string of the molecule is COc1ccc(Cl)cc1C(=O)N1CCc2c(C)nn(C)c2C1. The predicted octanol–water partition coefficient (Wildman–Crippen LogP) is 2.59. The van der Waals surface area contributed by atoms with Crippen molar-refractivity contribution in [2.75, 3.05) is 13.7 Å². The van der Waals surface area contributed by atoms with E-state index in [2.05, 4.69) is 5.10 Å². The summed E-state index contributed by atoms with van der Waals surface area (Å²) in [5.41, 5.74) is 3.89. The smallest absolute Gasteiger partial charge is 0.258 e. The molecule has 1 aliphatic heterocycles. The van der Waals surface area contributed by atoms with Crippen molar-refractivity contribution in [1.82, 2.24) is 14.7 Å². The average Bonchev–Trinajstić information content (AvgIpc) is 2.81. The summed E-state index contributed by atoms with van der Waals surface area (Å²) in [5.74, 6) is 0.477. The largest absolute Gasteiger partial charge is 0.496 e. The molecule has 0 bridgehead atoms. The predicted molar refractivity (Wildman–Crippen MR) is 84.4 cm³/mol. The molecule has 0 aliphatic carbocycles. The lowest BCUT2D eigenvalue weighted by molar-refractivity contribution is 0.0727. The highest BCUT2D eigenvalue weighted by Crippen LogP contribution is 2.27. The number of aromatic nitrogens is 2. The van der Waals surface area contributed by atoms with Crippen molar-refractivity contribution < 1.29 is 9.53 Å². The Hall–Kier alpha value is -2.01. The molecule has 2 heterocycles. The van der Waals surface area contributed by atoms with Crippen LogP contribution >= 0.6 is 11.6 Å². The lowest BCUT2D eigenvalue weighted by atomic mass is 10.0. The Balaban J connectivity index is 1.91. The van der Waals surface area contributed by atoms with Crippen LogP contribution in [0.15, 0.2) is 18.2 Å². The van der Waals surface area contributed by atoms with Gasteiger partial charge in [0.1, 0.15) is 5.75 Å². The second-order valence-corrected chi connectivity index (χ2v) is 5.89. The molecule has 0 saturated carbocycles. The number of fused-ring (bicyclic) bond motifs is 1. The van der Waals surface area contributed by atoms with Crippen molar-refractivity contribution in [3.8, 4) is 5.75 Å². The maximum absolute atomic E-state index is 12.8. The molecule has 1 amide bonds. The van der Waals surface area contributed by atoms with Crippen molar-refractivity contribution in [3.05, 3.63) is 45.7 Å². The van der Waals surface area contributed by atoms with E-state index in [1.54, 1.807) is 25.3 Å². The number of carbonyl (C=O) groups excluding carboxylic acids is 1. The van der Waals surface area contributed by atoms with Gasteiger partial charge in [0.15, 0.2) is 0 Å². The van der Waals surface area contributed by atoms with E-state index in [4.69, 9.17) is 16.3 Å². The first-order valence-electron chi connectivity index (χ1n) is 7.15. The monoisotopic (exact) mass is 319 g/mol. The highest BCUT2D eigenvalue weighted by molar-refractivity contribution is 6.31. The molecule has 1 aromatic carbocycles. The quantitative estimate of drug-likeness (QED) is 0.855. The van der Waals surface area contributed by atoms with Crippen molar-refractivity contribution in [2.45, 2.75) is 19.9 Å². The van der Waals surface area contributed by atoms with Gasteiger partial charge in [-0.15, -0.1) is 0 Å². The van der Waals surface area contributed by atoms with Gasteiger partial charge in [-0.2, -0.15) is 5.10 Å². The minimum Gasteiger partial charge on any atom is -0.496 e. The summed E-state index contributed by atoms with van der Waals surface area (Å²) in [7, 11) is 3.47. The zero-order valence-electron chi connectivity index (χ0n) is 12.9. The minimum atomic E-state index is -0.0659. The lowest BCUT2D eigenvalue weighted by Crippen LogP contribution is -2.36. The fourth-order valence-electron chi connectivity index (χ4n) is 2.97. The third kappa shape index (κ3) is 2.46. The van der Waals surface area contributed by atoms with Gasteiger partial charge in [-0.05, 0) is 37.1 Å². The number of carbonyl (C=O) groups is 1. The van der Waals surface area contributed by atoms with Crippen molar-refractivity contribution in [1.29, 1.82) is 0 Å². The summed E-state index contributed by atoms with van der Waals surface area (Å²) < 4.78 is 7.15. The molecule has 6 heteroatoms. The van der Waals surface area contributed by atoms with E-state index in [1.807, 2.05) is 23.6 Å². The number of aryl methyl sites for hydroxylation is 2. The normalized spacial score (nSPS) is 13.9. The van der Waals surface area contributed by atoms with Gasteiger partial charge in [0.2, 0.25) is 0 Å². The van der Waals surface area contributed by atoms with Gasteiger partial charge < -0.3 is 9.64 Å². The molecule has 5 nitrogen and oxygen atoms in total. The van der Waals surface area contributed by atoms with Crippen LogP contribution < -0.4 is 4.74 Å². The first-order valence-corrected chi connectivity index (χ1v) is 7.53. The molecule has 116 valence electrons. The number of rotatable bonds is 2. The molecule has 0 unspecified atom stereocenters. The van der Waals surface area contributed by atoms with E-state index >= 15 is 0 Å². The number of methoxy groups -OCH3 is 1. The van der Waals surface area contributed by atoms with E-state index in [-0.39, 0.29) is 5.91 Å². The van der Waals surface area contributed by atoms with Gasteiger partial charge in [0, 0.05) is 18.6 Å². The van der Waals surface area contributed by atoms with Crippen LogP contribution in [-0.4, -0.2) is 34.2 Å². The van der Waals surface area contributed by atoms with Gasteiger partial charge in [-0.25, -0.2) is 0 Å². The van der Waals surface area contributed by atoms with Crippen LogP contribution in [0.2, 0.25) is 5.02 Å². The average molecular weight is 320 g/mol. The minimum absolute atomic E-state index is 0.0659. The Bertz CT molecular complexity index is 739.